The molecule has 15 heavy (non-hydrogen) atoms. The molecule has 1 aromatic rings. The minimum atomic E-state index is -2.42. The maximum absolute atomic E-state index is 12.6. The van der Waals surface area contributed by atoms with Crippen LogP contribution >= 0.6 is 0 Å². The van der Waals surface area contributed by atoms with Crippen molar-refractivity contribution in [3.63, 3.8) is 0 Å². The lowest BCUT2D eigenvalue weighted by Gasteiger charge is -2.16. The molecule has 4 heteroatoms. The van der Waals surface area contributed by atoms with Crippen LogP contribution < -0.4 is 10.1 Å². The molecule has 1 aromatic carbocycles. The van der Waals surface area contributed by atoms with Gasteiger partial charge in [-0.15, -0.1) is 0 Å². The van der Waals surface area contributed by atoms with Gasteiger partial charge in [-0.2, -0.15) is 0 Å². The molecular formula is C11H15F2NO. The summed E-state index contributed by atoms with van der Waals surface area (Å²) < 4.78 is 30.4. The highest BCUT2D eigenvalue weighted by Gasteiger charge is 2.20. The van der Waals surface area contributed by atoms with Crippen molar-refractivity contribution in [2.45, 2.75) is 19.4 Å². The van der Waals surface area contributed by atoms with Crippen LogP contribution in [0, 0.1) is 0 Å². The van der Waals surface area contributed by atoms with Gasteiger partial charge in [0.25, 0.3) is 6.43 Å². The van der Waals surface area contributed by atoms with E-state index in [1.807, 2.05) is 6.92 Å². The zero-order valence-corrected chi connectivity index (χ0v) is 8.84. The molecule has 0 aromatic heterocycles. The number of hydrogen-bond donors (Lipinski definition) is 1. The second kappa shape index (κ2) is 5.66. The Morgan fingerprint density at radius 2 is 2.13 bits per heavy atom. The lowest BCUT2D eigenvalue weighted by molar-refractivity contribution is 0.102. The molecule has 0 amide bonds. The van der Waals surface area contributed by atoms with E-state index < -0.39 is 12.5 Å². The Kier molecular flexibility index (Phi) is 4.49. The first kappa shape index (κ1) is 11.9. The van der Waals surface area contributed by atoms with Crippen LogP contribution in [0.5, 0.6) is 5.75 Å². The summed E-state index contributed by atoms with van der Waals surface area (Å²) in [5, 5.41) is 2.58. The van der Waals surface area contributed by atoms with Gasteiger partial charge in [-0.25, -0.2) is 8.78 Å². The second-order valence-electron chi connectivity index (χ2n) is 3.11. The van der Waals surface area contributed by atoms with E-state index in [-0.39, 0.29) is 0 Å². The van der Waals surface area contributed by atoms with Crippen LogP contribution in [0.3, 0.4) is 0 Å². The maximum atomic E-state index is 12.6. The van der Waals surface area contributed by atoms with Crippen LogP contribution in [0.25, 0.3) is 0 Å². The Morgan fingerprint density at radius 1 is 1.40 bits per heavy atom. The van der Waals surface area contributed by atoms with Gasteiger partial charge in [0.05, 0.1) is 12.6 Å². The van der Waals surface area contributed by atoms with Gasteiger partial charge < -0.3 is 10.1 Å². The fourth-order valence-electron chi connectivity index (χ4n) is 1.40. The van der Waals surface area contributed by atoms with Crippen molar-refractivity contribution < 1.29 is 13.5 Å². The first-order valence-electron chi connectivity index (χ1n) is 4.87. The molecule has 1 atom stereocenters. The number of nitrogens with one attached hydrogen (secondary N) is 1. The van der Waals surface area contributed by atoms with Crippen molar-refractivity contribution in [2.24, 2.45) is 0 Å². The van der Waals surface area contributed by atoms with Crippen molar-refractivity contribution in [1.29, 1.82) is 0 Å². The molecule has 0 aliphatic heterocycles. The molecule has 0 fully saturated rings. The summed E-state index contributed by atoms with van der Waals surface area (Å²) in [5.41, 5.74) is 0.540. The number of halogens is 2. The van der Waals surface area contributed by atoms with Crippen LogP contribution in [-0.2, 0) is 0 Å². The van der Waals surface area contributed by atoms with Gasteiger partial charge in [-0.3, -0.25) is 0 Å². The quantitative estimate of drug-likeness (QED) is 0.815. The van der Waals surface area contributed by atoms with Crippen molar-refractivity contribution in [3.8, 4) is 5.75 Å². The summed E-state index contributed by atoms with van der Waals surface area (Å²) in [4.78, 5) is 0. The Balaban J connectivity index is 2.87. The summed E-state index contributed by atoms with van der Waals surface area (Å²) in [7, 11) is 1.52. The first-order valence-corrected chi connectivity index (χ1v) is 4.87. The zero-order chi connectivity index (χ0) is 11.3. The third-order valence-corrected chi connectivity index (χ3v) is 2.09. The molecular weight excluding hydrogens is 200 g/mol. The van der Waals surface area contributed by atoms with Gasteiger partial charge in [0, 0.05) is 0 Å². The Labute approximate surface area is 88.3 Å². The molecule has 0 bridgehead atoms. The highest BCUT2D eigenvalue weighted by molar-refractivity contribution is 5.30. The highest BCUT2D eigenvalue weighted by Crippen LogP contribution is 2.23. The minimum Gasteiger partial charge on any atom is -0.494 e. The largest absolute Gasteiger partial charge is 0.494 e. The summed E-state index contributed by atoms with van der Waals surface area (Å²) in [6.07, 6.45) is -2.42. The Hall–Kier alpha value is -1.16. The van der Waals surface area contributed by atoms with Gasteiger partial charge in [-0.05, 0) is 31.7 Å². The summed E-state index contributed by atoms with van der Waals surface area (Å²) in [6, 6.07) is 5.83. The fourth-order valence-corrected chi connectivity index (χ4v) is 1.40. The lowest BCUT2D eigenvalue weighted by Crippen LogP contribution is -2.23. The first-order chi connectivity index (χ1) is 7.19. The third kappa shape index (κ3) is 3.16. The summed E-state index contributed by atoms with van der Waals surface area (Å²) in [5.74, 6) is 0.621. The number of benzene rings is 1. The van der Waals surface area contributed by atoms with Crippen molar-refractivity contribution >= 4 is 0 Å². The monoisotopic (exact) mass is 215 g/mol. The van der Waals surface area contributed by atoms with E-state index in [4.69, 9.17) is 4.74 Å². The molecule has 0 radical (unpaired) electrons. The third-order valence-electron chi connectivity index (χ3n) is 2.09. The van der Waals surface area contributed by atoms with Gasteiger partial charge >= 0.3 is 0 Å². The minimum absolute atomic E-state index is 0.530. The van der Waals surface area contributed by atoms with Crippen molar-refractivity contribution in [1.82, 2.24) is 5.32 Å². The number of ether oxygens (including phenoxy) is 1. The molecule has 1 N–H and O–H groups in total. The van der Waals surface area contributed by atoms with Gasteiger partial charge in [0.2, 0.25) is 0 Å². The Bertz CT molecular complexity index is 304. The molecule has 1 unspecified atom stereocenters. The van der Waals surface area contributed by atoms with E-state index in [1.165, 1.54) is 7.05 Å². The molecule has 2 nitrogen and oxygen atoms in total. The van der Waals surface area contributed by atoms with Crippen LogP contribution in [0.1, 0.15) is 18.5 Å². The van der Waals surface area contributed by atoms with Crippen molar-refractivity contribution in [3.05, 3.63) is 29.8 Å². The summed E-state index contributed by atoms with van der Waals surface area (Å²) >= 11 is 0. The van der Waals surface area contributed by atoms with E-state index in [0.717, 1.165) is 0 Å². The SMILES string of the molecule is CCOc1cccc(C(NC)C(F)F)c1. The number of alkyl halides is 2. The second-order valence-corrected chi connectivity index (χ2v) is 3.11. The predicted octanol–water partition coefficient (Wildman–Crippen LogP) is 2.61. The molecule has 0 saturated heterocycles. The number of rotatable bonds is 5. The van der Waals surface area contributed by atoms with E-state index in [0.29, 0.717) is 17.9 Å². The number of hydrogen-bond acceptors (Lipinski definition) is 2. The van der Waals surface area contributed by atoms with Crippen LogP contribution in [-0.4, -0.2) is 20.1 Å². The van der Waals surface area contributed by atoms with Gasteiger partial charge in [-0.1, -0.05) is 12.1 Å². The molecule has 0 spiro atoms. The molecule has 0 heterocycles. The van der Waals surface area contributed by atoms with E-state index in [9.17, 15) is 8.78 Å². The molecule has 0 saturated carbocycles. The average Bonchev–Trinajstić information content (AvgIpc) is 2.19. The van der Waals surface area contributed by atoms with Gasteiger partial charge in [0.1, 0.15) is 5.75 Å². The predicted molar refractivity (Wildman–Crippen MR) is 55.4 cm³/mol. The van der Waals surface area contributed by atoms with Crippen LogP contribution in [0.15, 0.2) is 24.3 Å². The lowest BCUT2D eigenvalue weighted by atomic mass is 10.1. The molecule has 0 aliphatic carbocycles. The smallest absolute Gasteiger partial charge is 0.257 e. The van der Waals surface area contributed by atoms with Crippen LogP contribution in [0.4, 0.5) is 8.78 Å². The maximum Gasteiger partial charge on any atom is 0.257 e. The van der Waals surface area contributed by atoms with Crippen LogP contribution in [0.2, 0.25) is 0 Å². The van der Waals surface area contributed by atoms with E-state index >= 15 is 0 Å². The fraction of sp³-hybridized carbons (Fsp3) is 0.455. The standard InChI is InChI=1S/C11H15F2NO/c1-3-15-9-6-4-5-8(7-9)10(14-2)11(12)13/h4-7,10-11,14H,3H2,1-2H3. The topological polar surface area (TPSA) is 21.3 Å². The van der Waals surface area contributed by atoms with Crippen molar-refractivity contribution in [2.75, 3.05) is 13.7 Å². The molecule has 84 valence electrons. The average molecular weight is 215 g/mol. The van der Waals surface area contributed by atoms with E-state index in [2.05, 4.69) is 5.32 Å². The zero-order valence-electron chi connectivity index (χ0n) is 8.84. The molecule has 0 aliphatic rings. The van der Waals surface area contributed by atoms with Gasteiger partial charge in [0.15, 0.2) is 0 Å². The molecule has 1 rings (SSSR count). The Morgan fingerprint density at radius 3 is 2.67 bits per heavy atom. The normalized spacial score (nSPS) is 12.9. The highest BCUT2D eigenvalue weighted by atomic mass is 19.3. The van der Waals surface area contributed by atoms with E-state index in [1.54, 1.807) is 24.3 Å². The summed E-state index contributed by atoms with van der Waals surface area (Å²) in [6.45, 7) is 2.39.